The minimum Gasteiger partial charge on any atom is -0.508 e. The van der Waals surface area contributed by atoms with Crippen LogP contribution in [0.25, 0.3) is 0 Å². The summed E-state index contributed by atoms with van der Waals surface area (Å²) in [5, 5.41) is 12.6. The second kappa shape index (κ2) is 12.1. The first-order valence-electron chi connectivity index (χ1n) is 12.9. The smallest absolute Gasteiger partial charge is 0.245 e. The molecule has 1 aliphatic heterocycles. The largest absolute Gasteiger partial charge is 0.508 e. The molecule has 0 saturated carbocycles. The van der Waals surface area contributed by atoms with Crippen LogP contribution in [0.15, 0.2) is 61.1 Å². The molecule has 3 aromatic rings. The molecule has 2 amide bonds. The molecule has 2 heterocycles. The fourth-order valence-corrected chi connectivity index (χ4v) is 4.79. The van der Waals surface area contributed by atoms with E-state index in [1.807, 2.05) is 12.1 Å². The monoisotopic (exact) mass is 504 g/mol. The summed E-state index contributed by atoms with van der Waals surface area (Å²) in [7, 11) is 0. The van der Waals surface area contributed by atoms with Gasteiger partial charge >= 0.3 is 0 Å². The number of carbonyl (C=O) groups is 2. The fourth-order valence-electron chi connectivity index (χ4n) is 4.79. The molecule has 0 aliphatic carbocycles. The maximum Gasteiger partial charge on any atom is 0.245 e. The lowest BCUT2D eigenvalue weighted by Gasteiger charge is -2.51. The molecule has 1 saturated heterocycles. The summed E-state index contributed by atoms with van der Waals surface area (Å²) in [6.45, 7) is 5.71. The molecule has 196 valence electrons. The number of amides is 2. The van der Waals surface area contributed by atoms with Gasteiger partial charge in [-0.3, -0.25) is 9.59 Å². The zero-order chi connectivity index (χ0) is 26.3. The minimum absolute atomic E-state index is 0.133. The molecule has 1 unspecified atom stereocenters. The number of imidazole rings is 1. The highest BCUT2D eigenvalue weighted by molar-refractivity contribution is 5.88. The Morgan fingerprint density at radius 1 is 1.19 bits per heavy atom. The first kappa shape index (κ1) is 26.4. The van der Waals surface area contributed by atoms with Gasteiger partial charge in [-0.1, -0.05) is 49.7 Å². The van der Waals surface area contributed by atoms with Crippen molar-refractivity contribution in [1.82, 2.24) is 20.2 Å². The summed E-state index contributed by atoms with van der Waals surface area (Å²) < 4.78 is 6.41. The number of nitrogens with one attached hydrogen (secondary N) is 2. The number of benzene rings is 2. The third kappa shape index (κ3) is 6.57. The first-order chi connectivity index (χ1) is 17.9. The van der Waals surface area contributed by atoms with Gasteiger partial charge in [-0.2, -0.15) is 0 Å². The number of aryl methyl sites for hydroxylation is 2. The quantitative estimate of drug-likeness (QED) is 0.327. The van der Waals surface area contributed by atoms with Gasteiger partial charge in [-0.15, -0.1) is 0 Å². The van der Waals surface area contributed by atoms with Gasteiger partial charge in [0.1, 0.15) is 17.4 Å². The van der Waals surface area contributed by atoms with Gasteiger partial charge in [-0.25, -0.2) is 4.98 Å². The molecular formula is C29H36N4O4. The van der Waals surface area contributed by atoms with Gasteiger partial charge in [-0.05, 0) is 48.6 Å². The molecule has 3 N–H and O–H groups in total. The molecule has 8 nitrogen and oxygen atoms in total. The second-order valence-electron chi connectivity index (χ2n) is 9.77. The molecule has 4 rings (SSSR count). The molecule has 1 fully saturated rings. The Balaban J connectivity index is 1.48. The number of aromatic amines is 1. The number of phenols is 1. The number of carbonyl (C=O) groups excluding carboxylic acids is 2. The molecule has 2 aromatic carbocycles. The van der Waals surface area contributed by atoms with Crippen molar-refractivity contribution >= 4 is 11.8 Å². The van der Waals surface area contributed by atoms with Gasteiger partial charge in [0.05, 0.1) is 19.4 Å². The topological polar surface area (TPSA) is 108 Å². The predicted octanol–water partition coefficient (Wildman–Crippen LogP) is 3.64. The van der Waals surface area contributed by atoms with E-state index in [2.05, 4.69) is 41.3 Å². The number of nitrogens with zero attached hydrogens (tertiary/aromatic N) is 2. The third-order valence-electron chi connectivity index (χ3n) is 6.90. The van der Waals surface area contributed by atoms with Crippen LogP contribution in [0.2, 0.25) is 0 Å². The number of rotatable bonds is 12. The Bertz CT molecular complexity index is 1170. The average Bonchev–Trinajstić information content (AvgIpc) is 3.39. The molecule has 0 bridgehead atoms. The summed E-state index contributed by atoms with van der Waals surface area (Å²) in [5.74, 6) is -0.173. The van der Waals surface area contributed by atoms with Crippen molar-refractivity contribution in [3.8, 4) is 5.75 Å². The number of phenolic OH excluding ortho intramolecular Hbond substituents is 1. The van der Waals surface area contributed by atoms with E-state index in [1.165, 1.54) is 0 Å². The highest BCUT2D eigenvalue weighted by atomic mass is 16.5. The molecule has 37 heavy (non-hydrogen) atoms. The fraction of sp³-hybridized carbons (Fsp3) is 0.414. The van der Waals surface area contributed by atoms with Crippen LogP contribution in [-0.2, 0) is 32.8 Å². The van der Waals surface area contributed by atoms with E-state index in [0.29, 0.717) is 32.5 Å². The van der Waals surface area contributed by atoms with E-state index in [4.69, 9.17) is 4.74 Å². The Hall–Kier alpha value is -3.65. The maximum absolute atomic E-state index is 13.7. The van der Waals surface area contributed by atoms with Crippen LogP contribution in [0.1, 0.15) is 48.6 Å². The Labute approximate surface area is 218 Å². The van der Waals surface area contributed by atoms with Gasteiger partial charge in [0, 0.05) is 31.3 Å². The van der Waals surface area contributed by atoms with Gasteiger partial charge < -0.3 is 25.0 Å². The third-order valence-corrected chi connectivity index (χ3v) is 6.90. The highest BCUT2D eigenvalue weighted by Gasteiger charge is 2.49. The molecule has 1 atom stereocenters. The summed E-state index contributed by atoms with van der Waals surface area (Å²) in [4.78, 5) is 35.3. The Morgan fingerprint density at radius 3 is 2.62 bits per heavy atom. The number of aromatic nitrogens is 2. The van der Waals surface area contributed by atoms with Crippen molar-refractivity contribution in [3.63, 3.8) is 0 Å². The number of unbranched alkanes of at least 4 members (excludes halogenated alkanes) is 1. The van der Waals surface area contributed by atoms with E-state index >= 15 is 0 Å². The van der Waals surface area contributed by atoms with Crippen molar-refractivity contribution in [1.29, 1.82) is 0 Å². The molecule has 0 radical (unpaired) electrons. The Kier molecular flexibility index (Phi) is 8.61. The number of likely N-dealkylation sites (tertiary alicyclic amines) is 1. The number of aromatic hydroxyl groups is 1. The van der Waals surface area contributed by atoms with Crippen LogP contribution in [0.4, 0.5) is 0 Å². The van der Waals surface area contributed by atoms with Crippen molar-refractivity contribution in [3.05, 3.63) is 83.4 Å². The molecule has 0 spiro atoms. The van der Waals surface area contributed by atoms with E-state index < -0.39 is 11.6 Å². The van der Waals surface area contributed by atoms with E-state index in [9.17, 15) is 14.7 Å². The summed E-state index contributed by atoms with van der Waals surface area (Å²) in [5.41, 5.74) is 3.43. The molecule has 1 aliphatic rings. The zero-order valence-electron chi connectivity index (χ0n) is 21.6. The van der Waals surface area contributed by atoms with Crippen LogP contribution < -0.4 is 5.32 Å². The van der Waals surface area contributed by atoms with Crippen molar-refractivity contribution in [2.75, 3.05) is 19.7 Å². The van der Waals surface area contributed by atoms with E-state index in [-0.39, 0.29) is 24.0 Å². The summed E-state index contributed by atoms with van der Waals surface area (Å²) in [6.07, 6.45) is 6.35. The lowest BCUT2D eigenvalue weighted by atomic mass is 9.82. The molecular weight excluding hydrogens is 468 g/mol. The van der Waals surface area contributed by atoms with Crippen molar-refractivity contribution < 1.29 is 19.4 Å². The van der Waals surface area contributed by atoms with E-state index in [1.54, 1.807) is 41.7 Å². The van der Waals surface area contributed by atoms with Crippen LogP contribution in [0.5, 0.6) is 5.75 Å². The normalized spacial score (nSPS) is 15.1. The van der Waals surface area contributed by atoms with Crippen LogP contribution >= 0.6 is 0 Å². The maximum atomic E-state index is 13.7. The summed E-state index contributed by atoms with van der Waals surface area (Å²) in [6, 6.07) is 14.2. The number of ether oxygens (including phenoxy) is 1. The summed E-state index contributed by atoms with van der Waals surface area (Å²) >= 11 is 0. The van der Waals surface area contributed by atoms with Gasteiger partial charge in [0.15, 0.2) is 0 Å². The van der Waals surface area contributed by atoms with Gasteiger partial charge in [0.2, 0.25) is 11.8 Å². The van der Waals surface area contributed by atoms with Crippen LogP contribution in [-0.4, -0.2) is 57.5 Å². The molecule has 8 heteroatoms. The number of H-pyrrole nitrogens is 1. The Morgan fingerprint density at radius 2 is 1.95 bits per heavy atom. The lowest BCUT2D eigenvalue weighted by molar-refractivity contribution is -0.175. The number of hydrogen-bond acceptors (Lipinski definition) is 5. The van der Waals surface area contributed by atoms with Gasteiger partial charge in [0.25, 0.3) is 0 Å². The SMILES string of the molecule is CCCCOC1(c2ccccc2C)CN(C(=O)C(Cc2ccc(O)cc2)NC(=O)CCc2cnc[nH]2)C1. The zero-order valence-corrected chi connectivity index (χ0v) is 21.6. The minimum atomic E-state index is -0.718. The molecule has 1 aromatic heterocycles. The van der Waals surface area contributed by atoms with Crippen molar-refractivity contribution in [2.24, 2.45) is 0 Å². The first-order valence-corrected chi connectivity index (χ1v) is 12.9. The standard InChI is InChI=1S/C29H36N4O4/c1-3-4-15-37-29(25-8-6-5-7-21(25)2)18-33(19-29)28(36)26(16-22-9-12-24(34)13-10-22)32-27(35)14-11-23-17-30-20-31-23/h5-10,12-13,17,20,26,34H,3-4,11,14-16,18-19H2,1-2H3,(H,30,31)(H,32,35). The van der Waals surface area contributed by atoms with Crippen LogP contribution in [0.3, 0.4) is 0 Å². The number of hydrogen-bond donors (Lipinski definition) is 3. The van der Waals surface area contributed by atoms with E-state index in [0.717, 1.165) is 35.2 Å². The van der Waals surface area contributed by atoms with Crippen LogP contribution in [0, 0.1) is 6.92 Å². The second-order valence-corrected chi connectivity index (χ2v) is 9.77. The average molecular weight is 505 g/mol. The predicted molar refractivity (Wildman–Crippen MR) is 141 cm³/mol. The lowest BCUT2D eigenvalue weighted by Crippen LogP contribution is -2.66. The highest BCUT2D eigenvalue weighted by Crippen LogP contribution is 2.38. The van der Waals surface area contributed by atoms with Crippen molar-refractivity contribution in [2.45, 2.75) is 57.6 Å².